The number of fused-ring (bicyclic) bond motifs is 1. The summed E-state index contributed by atoms with van der Waals surface area (Å²) < 4.78 is 18.2. The number of hydrogen-bond acceptors (Lipinski definition) is 7. The smallest absolute Gasteiger partial charge is 0.305 e. The molecule has 178 valence electrons. The van der Waals surface area contributed by atoms with Gasteiger partial charge in [0.2, 0.25) is 11.7 Å². The van der Waals surface area contributed by atoms with Crippen LogP contribution in [0, 0.1) is 0 Å². The number of carbonyl (C=O) groups excluding carboxylic acids is 1. The third-order valence-corrected chi connectivity index (χ3v) is 5.59. The first-order chi connectivity index (χ1) is 16.4. The van der Waals surface area contributed by atoms with Crippen LogP contribution >= 0.6 is 11.6 Å². The fourth-order valence-corrected chi connectivity index (χ4v) is 4.07. The lowest BCUT2D eigenvalue weighted by molar-refractivity contribution is -0.143. The standard InChI is InChI=1S/C25H27ClN4O4/c1-5-32-21(31)8-6-7-16-9-10-19(18-11-12-30(4)22(16)18)23-28-24(34-29-23)17-13-20(26)25(27-14-17)33-15(2)3/h9-15H,5-8H2,1-4H3. The Morgan fingerprint density at radius 1 is 1.26 bits per heavy atom. The average molecular weight is 483 g/mol. The fourth-order valence-electron chi connectivity index (χ4n) is 3.85. The minimum absolute atomic E-state index is 0.0349. The van der Waals surface area contributed by atoms with Crippen LogP contribution in [0.15, 0.2) is 41.2 Å². The number of benzene rings is 1. The molecule has 0 aliphatic carbocycles. The molecule has 0 fully saturated rings. The lowest BCUT2D eigenvalue weighted by Gasteiger charge is -2.10. The van der Waals surface area contributed by atoms with Crippen molar-refractivity contribution in [1.82, 2.24) is 19.7 Å². The minimum atomic E-state index is -0.167. The maximum atomic E-state index is 11.7. The molecule has 3 aromatic heterocycles. The average Bonchev–Trinajstić information content (AvgIpc) is 3.43. The first kappa shape index (κ1) is 23.8. The number of hydrogen-bond donors (Lipinski definition) is 0. The van der Waals surface area contributed by atoms with Crippen molar-refractivity contribution in [3.63, 3.8) is 0 Å². The van der Waals surface area contributed by atoms with Gasteiger partial charge in [0.1, 0.15) is 5.02 Å². The molecule has 0 saturated heterocycles. The van der Waals surface area contributed by atoms with E-state index in [0.29, 0.717) is 41.2 Å². The second-order valence-corrected chi connectivity index (χ2v) is 8.63. The first-order valence-electron chi connectivity index (χ1n) is 11.3. The maximum absolute atomic E-state index is 11.7. The van der Waals surface area contributed by atoms with Crippen LogP contribution in [0.3, 0.4) is 0 Å². The van der Waals surface area contributed by atoms with Crippen LogP contribution in [-0.4, -0.2) is 38.4 Å². The summed E-state index contributed by atoms with van der Waals surface area (Å²) >= 11 is 6.32. The van der Waals surface area contributed by atoms with Crippen molar-refractivity contribution in [2.45, 2.75) is 46.1 Å². The van der Waals surface area contributed by atoms with Crippen LogP contribution in [0.1, 0.15) is 39.2 Å². The molecular weight excluding hydrogens is 456 g/mol. The zero-order chi connectivity index (χ0) is 24.2. The van der Waals surface area contributed by atoms with Gasteiger partial charge in [-0.2, -0.15) is 4.98 Å². The molecule has 3 heterocycles. The van der Waals surface area contributed by atoms with E-state index in [1.165, 1.54) is 0 Å². The first-order valence-corrected chi connectivity index (χ1v) is 11.6. The molecule has 0 radical (unpaired) electrons. The molecule has 0 bridgehead atoms. The summed E-state index contributed by atoms with van der Waals surface area (Å²) in [7, 11) is 2.00. The summed E-state index contributed by atoms with van der Waals surface area (Å²) in [5.41, 5.74) is 3.70. The van der Waals surface area contributed by atoms with E-state index in [-0.39, 0.29) is 12.1 Å². The summed E-state index contributed by atoms with van der Waals surface area (Å²) in [5.74, 6) is 0.996. The monoisotopic (exact) mass is 482 g/mol. The molecule has 0 amide bonds. The lowest BCUT2D eigenvalue weighted by atomic mass is 10.0. The van der Waals surface area contributed by atoms with E-state index in [0.717, 1.165) is 34.9 Å². The zero-order valence-corrected chi connectivity index (χ0v) is 20.4. The van der Waals surface area contributed by atoms with Gasteiger partial charge in [-0.3, -0.25) is 4.79 Å². The van der Waals surface area contributed by atoms with E-state index in [4.69, 9.17) is 25.6 Å². The van der Waals surface area contributed by atoms with Gasteiger partial charge in [-0.1, -0.05) is 28.9 Å². The van der Waals surface area contributed by atoms with Gasteiger partial charge in [0.05, 0.1) is 23.8 Å². The largest absolute Gasteiger partial charge is 0.474 e. The van der Waals surface area contributed by atoms with Crippen LogP contribution in [0.25, 0.3) is 33.7 Å². The predicted molar refractivity (Wildman–Crippen MR) is 130 cm³/mol. The molecule has 0 N–H and O–H groups in total. The number of aromatic nitrogens is 4. The van der Waals surface area contributed by atoms with Crippen molar-refractivity contribution in [2.24, 2.45) is 7.05 Å². The van der Waals surface area contributed by atoms with E-state index in [1.807, 2.05) is 46.1 Å². The van der Waals surface area contributed by atoms with E-state index in [2.05, 4.69) is 25.8 Å². The molecule has 9 heteroatoms. The highest BCUT2D eigenvalue weighted by Gasteiger charge is 2.18. The van der Waals surface area contributed by atoms with Gasteiger partial charge in [0, 0.05) is 36.8 Å². The normalized spacial score (nSPS) is 11.4. The number of halogens is 1. The van der Waals surface area contributed by atoms with Crippen LogP contribution in [0.5, 0.6) is 5.88 Å². The molecule has 0 spiro atoms. The third kappa shape index (κ3) is 5.07. The Labute approximate surface area is 202 Å². The topological polar surface area (TPSA) is 92.3 Å². The van der Waals surface area contributed by atoms with Crippen molar-refractivity contribution in [2.75, 3.05) is 6.61 Å². The molecule has 8 nitrogen and oxygen atoms in total. The second kappa shape index (κ2) is 10.3. The van der Waals surface area contributed by atoms with Gasteiger partial charge in [-0.05, 0) is 51.3 Å². The molecule has 0 atom stereocenters. The molecule has 4 rings (SSSR count). The van der Waals surface area contributed by atoms with E-state index in [1.54, 1.807) is 12.3 Å². The fraction of sp³-hybridized carbons (Fsp3) is 0.360. The van der Waals surface area contributed by atoms with Crippen LogP contribution in [0.2, 0.25) is 5.02 Å². The van der Waals surface area contributed by atoms with Crippen molar-refractivity contribution >= 4 is 28.5 Å². The third-order valence-electron chi connectivity index (χ3n) is 5.32. The quantitative estimate of drug-likeness (QED) is 0.286. The Morgan fingerprint density at radius 2 is 2.09 bits per heavy atom. The predicted octanol–water partition coefficient (Wildman–Crippen LogP) is 5.62. The number of ether oxygens (including phenoxy) is 2. The number of carbonyl (C=O) groups is 1. The highest BCUT2D eigenvalue weighted by molar-refractivity contribution is 6.32. The second-order valence-electron chi connectivity index (χ2n) is 8.22. The van der Waals surface area contributed by atoms with Gasteiger partial charge < -0.3 is 18.6 Å². The molecule has 0 saturated carbocycles. The summed E-state index contributed by atoms with van der Waals surface area (Å²) in [6.45, 7) is 6.04. The molecular formula is C25H27ClN4O4. The van der Waals surface area contributed by atoms with Crippen molar-refractivity contribution < 1.29 is 18.8 Å². The van der Waals surface area contributed by atoms with Crippen molar-refractivity contribution in [3.05, 3.63) is 47.2 Å². The molecule has 1 aromatic carbocycles. The van der Waals surface area contributed by atoms with Crippen molar-refractivity contribution in [3.8, 4) is 28.7 Å². The highest BCUT2D eigenvalue weighted by atomic mass is 35.5. The summed E-state index contributed by atoms with van der Waals surface area (Å²) in [4.78, 5) is 20.6. The highest BCUT2D eigenvalue weighted by Crippen LogP contribution is 2.33. The minimum Gasteiger partial charge on any atom is -0.474 e. The van der Waals surface area contributed by atoms with Crippen LogP contribution < -0.4 is 4.74 Å². The van der Waals surface area contributed by atoms with Gasteiger partial charge in [-0.15, -0.1) is 0 Å². The summed E-state index contributed by atoms with van der Waals surface area (Å²) in [6, 6.07) is 7.77. The summed E-state index contributed by atoms with van der Waals surface area (Å²) in [6.07, 6.45) is 5.45. The van der Waals surface area contributed by atoms with Crippen LogP contribution in [0.4, 0.5) is 0 Å². The summed E-state index contributed by atoms with van der Waals surface area (Å²) in [5, 5.41) is 5.59. The number of nitrogens with zero attached hydrogens (tertiary/aromatic N) is 4. The Balaban J connectivity index is 1.59. The number of rotatable bonds is 9. The van der Waals surface area contributed by atoms with Gasteiger partial charge in [-0.25, -0.2) is 4.98 Å². The van der Waals surface area contributed by atoms with Crippen LogP contribution in [-0.2, 0) is 23.0 Å². The van der Waals surface area contributed by atoms with Gasteiger partial charge >= 0.3 is 5.97 Å². The number of pyridine rings is 1. The molecule has 0 aliphatic heterocycles. The van der Waals surface area contributed by atoms with E-state index >= 15 is 0 Å². The van der Waals surface area contributed by atoms with Gasteiger partial charge in [0.25, 0.3) is 5.89 Å². The number of esters is 1. The molecule has 4 aromatic rings. The molecule has 34 heavy (non-hydrogen) atoms. The van der Waals surface area contributed by atoms with E-state index < -0.39 is 0 Å². The maximum Gasteiger partial charge on any atom is 0.305 e. The Bertz CT molecular complexity index is 1310. The lowest BCUT2D eigenvalue weighted by Crippen LogP contribution is -2.07. The van der Waals surface area contributed by atoms with Crippen molar-refractivity contribution in [1.29, 1.82) is 0 Å². The Morgan fingerprint density at radius 3 is 2.82 bits per heavy atom. The van der Waals surface area contributed by atoms with Gasteiger partial charge in [0.15, 0.2) is 0 Å². The SMILES string of the molecule is CCOC(=O)CCCc1ccc(-c2noc(-c3cnc(OC(C)C)c(Cl)c3)n2)c2ccn(C)c12. The molecule has 0 aliphatic rings. The Hall–Kier alpha value is -3.39. The Kier molecular flexibility index (Phi) is 7.17. The zero-order valence-electron chi connectivity index (χ0n) is 19.7. The molecule has 0 unspecified atom stereocenters. The van der Waals surface area contributed by atoms with E-state index in [9.17, 15) is 4.79 Å². The number of aryl methyl sites for hydroxylation is 2.